The predicted molar refractivity (Wildman–Crippen MR) is 86.0 cm³/mol. The van der Waals surface area contributed by atoms with Crippen LogP contribution in [0.15, 0.2) is 60.7 Å². The zero-order chi connectivity index (χ0) is 16.9. The van der Waals surface area contributed by atoms with Crippen molar-refractivity contribution in [2.75, 3.05) is 0 Å². The van der Waals surface area contributed by atoms with Crippen molar-refractivity contribution in [3.05, 3.63) is 71.8 Å². The van der Waals surface area contributed by atoms with Crippen molar-refractivity contribution in [1.29, 1.82) is 0 Å². The van der Waals surface area contributed by atoms with E-state index >= 15 is 0 Å². The second kappa shape index (κ2) is 7.07. The summed E-state index contributed by atoms with van der Waals surface area (Å²) in [5, 5.41) is 19.2. The normalized spacial score (nSPS) is 14.7. The first kappa shape index (κ1) is 16.7. The molecule has 0 aromatic heterocycles. The minimum atomic E-state index is -1.89. The molecule has 5 heteroatoms. The highest BCUT2D eigenvalue weighted by atomic mass is 16.4. The van der Waals surface area contributed by atoms with E-state index in [1.807, 2.05) is 6.07 Å². The van der Waals surface area contributed by atoms with Crippen molar-refractivity contribution in [3.63, 3.8) is 0 Å². The number of benzene rings is 2. The van der Waals surface area contributed by atoms with E-state index in [-0.39, 0.29) is 12.8 Å². The van der Waals surface area contributed by atoms with E-state index in [4.69, 9.17) is 5.73 Å². The van der Waals surface area contributed by atoms with Gasteiger partial charge in [-0.05, 0) is 17.5 Å². The van der Waals surface area contributed by atoms with Crippen molar-refractivity contribution in [1.82, 2.24) is 0 Å². The molecule has 4 N–H and O–H groups in total. The van der Waals surface area contributed by atoms with Gasteiger partial charge in [-0.15, -0.1) is 0 Å². The Morgan fingerprint density at radius 1 is 0.913 bits per heavy atom. The average Bonchev–Trinajstić information content (AvgIpc) is 2.54. The number of nitrogens with two attached hydrogens (primary N) is 1. The van der Waals surface area contributed by atoms with Crippen LogP contribution in [0.2, 0.25) is 0 Å². The Morgan fingerprint density at radius 2 is 1.39 bits per heavy atom. The van der Waals surface area contributed by atoms with Crippen LogP contribution in [0, 0.1) is 5.92 Å². The van der Waals surface area contributed by atoms with Crippen molar-refractivity contribution < 1.29 is 19.8 Å². The first-order valence-electron chi connectivity index (χ1n) is 7.26. The fourth-order valence-corrected chi connectivity index (χ4v) is 2.62. The molecule has 1 unspecified atom stereocenters. The molecule has 0 fully saturated rings. The second-order valence-electron chi connectivity index (χ2n) is 5.59. The number of carbonyl (C=O) groups is 2. The van der Waals surface area contributed by atoms with Gasteiger partial charge >= 0.3 is 11.9 Å². The van der Waals surface area contributed by atoms with E-state index < -0.39 is 23.4 Å². The molecule has 0 bridgehead atoms. The second-order valence-corrected chi connectivity index (χ2v) is 5.59. The van der Waals surface area contributed by atoms with Gasteiger partial charge in [-0.3, -0.25) is 9.59 Å². The Morgan fingerprint density at radius 3 is 1.83 bits per heavy atom. The molecule has 0 aliphatic rings. The number of rotatable bonds is 7. The highest BCUT2D eigenvalue weighted by Gasteiger charge is 2.46. The first-order valence-corrected chi connectivity index (χ1v) is 7.26. The Labute approximate surface area is 134 Å². The smallest absolute Gasteiger partial charge is 0.324 e. The molecule has 0 aliphatic carbocycles. The van der Waals surface area contributed by atoms with Crippen LogP contribution in [0.5, 0.6) is 0 Å². The molecule has 120 valence electrons. The summed E-state index contributed by atoms with van der Waals surface area (Å²) in [5.74, 6) is -3.76. The van der Waals surface area contributed by atoms with Gasteiger partial charge in [0, 0.05) is 6.42 Å². The molecule has 2 aromatic rings. The number of hydrogen-bond acceptors (Lipinski definition) is 3. The highest BCUT2D eigenvalue weighted by molar-refractivity contribution is 5.87. The van der Waals surface area contributed by atoms with Gasteiger partial charge in [0.15, 0.2) is 0 Å². The maximum absolute atomic E-state index is 11.8. The Balaban J connectivity index is 2.34. The van der Waals surface area contributed by atoms with E-state index in [1.165, 1.54) is 0 Å². The molecule has 2 atom stereocenters. The lowest BCUT2D eigenvalue weighted by Gasteiger charge is -2.31. The topological polar surface area (TPSA) is 101 Å². The molecular formula is C18H19NO4. The van der Waals surface area contributed by atoms with Crippen molar-refractivity contribution in [2.45, 2.75) is 18.4 Å². The summed E-state index contributed by atoms with van der Waals surface area (Å²) in [4.78, 5) is 23.5. The van der Waals surface area contributed by atoms with Gasteiger partial charge in [0.1, 0.15) is 5.54 Å². The van der Waals surface area contributed by atoms with E-state index in [1.54, 1.807) is 54.6 Å². The number of carboxylic acids is 2. The van der Waals surface area contributed by atoms with Gasteiger partial charge in [0.05, 0.1) is 5.92 Å². The third-order valence-corrected chi connectivity index (χ3v) is 3.94. The summed E-state index contributed by atoms with van der Waals surface area (Å²) >= 11 is 0. The largest absolute Gasteiger partial charge is 0.481 e. The van der Waals surface area contributed by atoms with E-state index in [2.05, 4.69) is 0 Å². The van der Waals surface area contributed by atoms with Crippen LogP contribution < -0.4 is 5.73 Å². The van der Waals surface area contributed by atoms with Gasteiger partial charge in [0.2, 0.25) is 0 Å². The van der Waals surface area contributed by atoms with E-state index in [0.29, 0.717) is 5.56 Å². The van der Waals surface area contributed by atoms with Gasteiger partial charge in [-0.2, -0.15) is 0 Å². The van der Waals surface area contributed by atoms with Crippen LogP contribution in [0.25, 0.3) is 0 Å². The molecule has 0 amide bonds. The molecule has 23 heavy (non-hydrogen) atoms. The molecule has 0 spiro atoms. The first-order chi connectivity index (χ1) is 10.9. The molecule has 0 radical (unpaired) electrons. The zero-order valence-corrected chi connectivity index (χ0v) is 12.6. The molecule has 0 saturated carbocycles. The lowest BCUT2D eigenvalue weighted by Crippen LogP contribution is -2.59. The molecule has 5 nitrogen and oxygen atoms in total. The molecule has 2 aromatic carbocycles. The molecular weight excluding hydrogens is 294 g/mol. The van der Waals surface area contributed by atoms with Crippen LogP contribution in [0.3, 0.4) is 0 Å². The van der Waals surface area contributed by atoms with Gasteiger partial charge < -0.3 is 15.9 Å². The summed E-state index contributed by atoms with van der Waals surface area (Å²) < 4.78 is 0. The van der Waals surface area contributed by atoms with Gasteiger partial charge in [0.25, 0.3) is 0 Å². The average molecular weight is 313 g/mol. The standard InChI is InChI=1S/C18H19NO4/c19-18(17(22)23,12-14-9-5-2-6-10-14)15(16(20)21)11-13-7-3-1-4-8-13/h1-10,15H,11-12,19H2,(H,20,21)(H,22,23)/t15?,18-/m0/s1. The van der Waals surface area contributed by atoms with Gasteiger partial charge in [-0.25, -0.2) is 0 Å². The Bertz CT molecular complexity index is 672. The minimum Gasteiger partial charge on any atom is -0.481 e. The number of carboxylic acid groups (broad SMARTS) is 2. The summed E-state index contributed by atoms with van der Waals surface area (Å²) in [6, 6.07) is 17.7. The van der Waals surface area contributed by atoms with E-state index in [9.17, 15) is 19.8 Å². The highest BCUT2D eigenvalue weighted by Crippen LogP contribution is 2.25. The fourth-order valence-electron chi connectivity index (χ4n) is 2.62. The summed E-state index contributed by atoms with van der Waals surface area (Å²) in [5.41, 5.74) is 5.63. The van der Waals surface area contributed by atoms with Crippen LogP contribution in [-0.2, 0) is 22.4 Å². The van der Waals surface area contributed by atoms with E-state index in [0.717, 1.165) is 5.56 Å². The number of aliphatic carboxylic acids is 2. The summed E-state index contributed by atoms with van der Waals surface area (Å²) in [6.07, 6.45) is 0.0127. The quantitative estimate of drug-likeness (QED) is 0.725. The lowest BCUT2D eigenvalue weighted by molar-refractivity contribution is -0.155. The van der Waals surface area contributed by atoms with Gasteiger partial charge in [-0.1, -0.05) is 60.7 Å². The monoisotopic (exact) mass is 313 g/mol. The summed E-state index contributed by atoms with van der Waals surface area (Å²) in [6.45, 7) is 0. The number of hydrogen-bond donors (Lipinski definition) is 3. The van der Waals surface area contributed by atoms with Crippen LogP contribution in [-0.4, -0.2) is 27.7 Å². The third-order valence-electron chi connectivity index (χ3n) is 3.94. The lowest BCUT2D eigenvalue weighted by atomic mass is 9.76. The zero-order valence-electron chi connectivity index (χ0n) is 12.6. The molecule has 2 rings (SSSR count). The van der Waals surface area contributed by atoms with Crippen LogP contribution in [0.1, 0.15) is 11.1 Å². The maximum Gasteiger partial charge on any atom is 0.324 e. The molecule has 0 heterocycles. The molecule has 0 saturated heterocycles. The van der Waals surface area contributed by atoms with Crippen LogP contribution >= 0.6 is 0 Å². The Kier molecular flexibility index (Phi) is 5.13. The van der Waals surface area contributed by atoms with Crippen molar-refractivity contribution in [3.8, 4) is 0 Å². The van der Waals surface area contributed by atoms with Crippen molar-refractivity contribution in [2.24, 2.45) is 11.7 Å². The SMILES string of the molecule is N[C@](Cc1ccccc1)(C(=O)O)C(Cc1ccccc1)C(=O)O. The maximum atomic E-state index is 11.8. The minimum absolute atomic E-state index is 0.0486. The van der Waals surface area contributed by atoms with Crippen LogP contribution in [0.4, 0.5) is 0 Å². The fraction of sp³-hybridized carbons (Fsp3) is 0.222. The van der Waals surface area contributed by atoms with Crippen molar-refractivity contribution >= 4 is 11.9 Å². The Hall–Kier alpha value is -2.66. The summed E-state index contributed by atoms with van der Waals surface area (Å²) in [7, 11) is 0. The predicted octanol–water partition coefficient (Wildman–Crippen LogP) is 1.95. The molecule has 0 aliphatic heterocycles. The third kappa shape index (κ3) is 3.96.